The molecule has 0 bridgehead atoms. The molecular weight excluding hydrogens is 304 g/mol. The molecule has 4 atom stereocenters. The first kappa shape index (κ1) is 22.1. The van der Waals surface area contributed by atoms with Gasteiger partial charge in [0.15, 0.2) is 12.2 Å². The van der Waals surface area contributed by atoms with Crippen molar-refractivity contribution in [3.8, 4) is 0 Å². The van der Waals surface area contributed by atoms with E-state index in [1.807, 2.05) is 0 Å². The second-order valence-electron chi connectivity index (χ2n) is 4.19. The first-order chi connectivity index (χ1) is 9.89. The lowest BCUT2D eigenvalue weighted by Crippen LogP contribution is -2.29. The first-order valence-electron chi connectivity index (χ1n) is 6.12. The van der Waals surface area contributed by atoms with E-state index in [1.165, 1.54) is 27.7 Å². The van der Waals surface area contributed by atoms with E-state index in [0.29, 0.717) is 0 Å². The highest BCUT2D eigenvalue weighted by Crippen LogP contribution is 1.95. The zero-order valence-corrected chi connectivity index (χ0v) is 12.5. The quantitative estimate of drug-likeness (QED) is 0.434. The van der Waals surface area contributed by atoms with Crippen molar-refractivity contribution >= 4 is 23.9 Å². The number of carboxylic acid groups (broad SMARTS) is 2. The molecule has 0 saturated carbocycles. The molecule has 0 amide bonds. The first-order valence-corrected chi connectivity index (χ1v) is 6.12. The van der Waals surface area contributed by atoms with E-state index in [0.717, 1.165) is 0 Å². The fraction of sp³-hybridized carbons (Fsp3) is 0.667. The Balaban J connectivity index is 0. The van der Waals surface area contributed by atoms with Crippen LogP contribution >= 0.6 is 0 Å². The van der Waals surface area contributed by atoms with Gasteiger partial charge in [0.25, 0.3) is 0 Å². The van der Waals surface area contributed by atoms with Crippen molar-refractivity contribution in [1.82, 2.24) is 0 Å². The maximum atomic E-state index is 10.5. The molecule has 0 saturated heterocycles. The van der Waals surface area contributed by atoms with Gasteiger partial charge in [0.2, 0.25) is 0 Å². The molecule has 0 spiro atoms. The smallest absolute Gasteiger partial charge is 0.344 e. The molecule has 10 nitrogen and oxygen atoms in total. The van der Waals surface area contributed by atoms with Gasteiger partial charge in [-0.1, -0.05) is 0 Å². The fourth-order valence-electron chi connectivity index (χ4n) is 0.646. The van der Waals surface area contributed by atoms with Crippen LogP contribution in [0.15, 0.2) is 0 Å². The predicted octanol–water partition coefficient (Wildman–Crippen LogP) is -1.23. The molecule has 0 heterocycles. The third kappa shape index (κ3) is 10.6. The van der Waals surface area contributed by atoms with Crippen LogP contribution in [0.5, 0.6) is 0 Å². The molecule has 128 valence electrons. The van der Waals surface area contributed by atoms with Crippen LogP contribution in [0.3, 0.4) is 0 Å². The summed E-state index contributed by atoms with van der Waals surface area (Å²) in [5.41, 5.74) is 0. The van der Waals surface area contributed by atoms with Crippen LogP contribution in [0.1, 0.15) is 27.7 Å². The SMILES string of the molecule is C[C@H](O)C(=O)O[C@@H](C)C(=O)O.C[C@H](O)C(=O)O[C@@H](C)C(=O)O. The molecule has 10 heteroatoms. The van der Waals surface area contributed by atoms with Crippen molar-refractivity contribution in [1.29, 1.82) is 0 Å². The number of aliphatic hydroxyl groups excluding tert-OH is 2. The highest BCUT2D eigenvalue weighted by Gasteiger charge is 2.19. The van der Waals surface area contributed by atoms with E-state index >= 15 is 0 Å². The van der Waals surface area contributed by atoms with E-state index in [9.17, 15) is 19.2 Å². The fourth-order valence-corrected chi connectivity index (χ4v) is 0.646. The Hall–Kier alpha value is -2.20. The van der Waals surface area contributed by atoms with Crippen molar-refractivity contribution < 1.29 is 49.1 Å². The Morgan fingerprint density at radius 2 is 0.909 bits per heavy atom. The molecule has 22 heavy (non-hydrogen) atoms. The largest absolute Gasteiger partial charge is 0.479 e. The Bertz CT molecular complexity index is 363. The van der Waals surface area contributed by atoms with Gasteiger partial charge in [-0.15, -0.1) is 0 Å². The van der Waals surface area contributed by atoms with Crippen LogP contribution in [0.4, 0.5) is 0 Å². The summed E-state index contributed by atoms with van der Waals surface area (Å²) in [6, 6.07) is 0. The second-order valence-corrected chi connectivity index (χ2v) is 4.19. The van der Waals surface area contributed by atoms with Crippen molar-refractivity contribution in [3.05, 3.63) is 0 Å². The Kier molecular flexibility index (Phi) is 10.6. The van der Waals surface area contributed by atoms with Crippen LogP contribution in [0.2, 0.25) is 0 Å². The summed E-state index contributed by atoms with van der Waals surface area (Å²) in [5, 5.41) is 33.7. The maximum absolute atomic E-state index is 10.5. The Labute approximate surface area is 126 Å². The molecule has 4 N–H and O–H groups in total. The van der Waals surface area contributed by atoms with E-state index in [1.54, 1.807) is 0 Å². The summed E-state index contributed by atoms with van der Waals surface area (Å²) in [6.45, 7) is 4.83. The molecule has 0 fully saturated rings. The minimum absolute atomic E-state index is 0.931. The predicted molar refractivity (Wildman–Crippen MR) is 69.7 cm³/mol. The number of rotatable bonds is 6. The molecular formula is C12H20O10. The van der Waals surface area contributed by atoms with Gasteiger partial charge >= 0.3 is 23.9 Å². The molecule has 0 radical (unpaired) electrons. The third-order valence-corrected chi connectivity index (χ3v) is 1.96. The minimum atomic E-state index is -1.28. The lowest BCUT2D eigenvalue weighted by molar-refractivity contribution is -0.168. The summed E-state index contributed by atoms with van der Waals surface area (Å²) in [5.74, 6) is -4.34. The minimum Gasteiger partial charge on any atom is -0.479 e. The number of ether oxygens (including phenoxy) is 2. The number of esters is 2. The maximum Gasteiger partial charge on any atom is 0.344 e. The highest BCUT2D eigenvalue weighted by molar-refractivity contribution is 5.80. The van der Waals surface area contributed by atoms with Gasteiger partial charge in [-0.05, 0) is 27.7 Å². The number of carboxylic acids is 2. The van der Waals surface area contributed by atoms with Crippen molar-refractivity contribution in [2.45, 2.75) is 52.1 Å². The standard InChI is InChI=1S/2C6H10O5/c2*1-3(7)6(10)11-4(2)5(8)9/h2*3-4,7H,1-2H3,(H,8,9)/t2*3-,4-/m00/s1. The average Bonchev–Trinajstić information content (AvgIpc) is 2.38. The number of hydrogen-bond acceptors (Lipinski definition) is 8. The zero-order valence-electron chi connectivity index (χ0n) is 12.5. The number of hydrogen-bond donors (Lipinski definition) is 4. The summed E-state index contributed by atoms with van der Waals surface area (Å²) >= 11 is 0. The normalized spacial score (nSPS) is 15.2. The number of carbonyl (C=O) groups is 4. The van der Waals surface area contributed by atoms with Crippen molar-refractivity contribution in [2.24, 2.45) is 0 Å². The van der Waals surface area contributed by atoms with Gasteiger partial charge in [0, 0.05) is 0 Å². The van der Waals surface area contributed by atoms with Gasteiger partial charge in [0.1, 0.15) is 12.2 Å². The molecule has 0 aromatic carbocycles. The van der Waals surface area contributed by atoms with Gasteiger partial charge in [-0.25, -0.2) is 19.2 Å². The lowest BCUT2D eigenvalue weighted by atomic mass is 10.4. The van der Waals surface area contributed by atoms with E-state index < -0.39 is 48.3 Å². The molecule has 0 aromatic heterocycles. The third-order valence-electron chi connectivity index (χ3n) is 1.96. The molecule has 0 aliphatic rings. The van der Waals surface area contributed by atoms with Gasteiger partial charge in [-0.2, -0.15) is 0 Å². The van der Waals surface area contributed by atoms with Crippen molar-refractivity contribution in [3.63, 3.8) is 0 Å². The van der Waals surface area contributed by atoms with Gasteiger partial charge in [0.05, 0.1) is 0 Å². The molecule has 0 rings (SSSR count). The summed E-state index contributed by atoms with van der Waals surface area (Å²) in [7, 11) is 0. The summed E-state index contributed by atoms with van der Waals surface area (Å²) < 4.78 is 8.57. The van der Waals surface area contributed by atoms with Crippen LogP contribution < -0.4 is 0 Å². The summed E-state index contributed by atoms with van der Waals surface area (Å²) in [4.78, 5) is 41.2. The summed E-state index contributed by atoms with van der Waals surface area (Å²) in [6.07, 6.45) is -4.98. The number of aliphatic hydroxyl groups is 2. The van der Waals surface area contributed by atoms with Crippen LogP contribution in [0, 0.1) is 0 Å². The monoisotopic (exact) mass is 324 g/mol. The van der Waals surface area contributed by atoms with Crippen LogP contribution in [-0.4, -0.2) is 68.7 Å². The molecule has 0 aliphatic carbocycles. The Morgan fingerprint density at radius 3 is 1.05 bits per heavy atom. The van der Waals surface area contributed by atoms with E-state index in [-0.39, 0.29) is 0 Å². The van der Waals surface area contributed by atoms with E-state index in [4.69, 9.17) is 20.4 Å². The van der Waals surface area contributed by atoms with Gasteiger partial charge in [-0.3, -0.25) is 0 Å². The molecule has 0 unspecified atom stereocenters. The van der Waals surface area contributed by atoms with E-state index in [2.05, 4.69) is 9.47 Å². The second kappa shape index (κ2) is 10.5. The van der Waals surface area contributed by atoms with Crippen molar-refractivity contribution in [2.75, 3.05) is 0 Å². The number of aliphatic carboxylic acids is 2. The molecule has 0 aromatic rings. The average molecular weight is 324 g/mol. The highest BCUT2D eigenvalue weighted by atomic mass is 16.6. The van der Waals surface area contributed by atoms with Crippen LogP contribution in [0.25, 0.3) is 0 Å². The zero-order chi connectivity index (χ0) is 18.0. The molecule has 0 aliphatic heterocycles. The topological polar surface area (TPSA) is 168 Å². The lowest BCUT2D eigenvalue weighted by Gasteiger charge is -2.09. The van der Waals surface area contributed by atoms with Gasteiger partial charge < -0.3 is 29.9 Å². The Morgan fingerprint density at radius 1 is 0.682 bits per heavy atom. The number of carbonyl (C=O) groups excluding carboxylic acids is 2. The van der Waals surface area contributed by atoms with Crippen LogP contribution in [-0.2, 0) is 28.7 Å².